The van der Waals surface area contributed by atoms with E-state index >= 15 is 0 Å². The third kappa shape index (κ3) is 6.41. The fourth-order valence-electron chi connectivity index (χ4n) is 13.3. The maximum absolute atomic E-state index is 6.66. The Hall–Kier alpha value is -9.76. The molecule has 0 aliphatic heterocycles. The first-order valence-corrected chi connectivity index (χ1v) is 26.3. The Morgan fingerprint density at radius 3 is 1.43 bits per heavy atom. The maximum Gasteiger partial charge on any atom is 0.143 e. The van der Waals surface area contributed by atoms with Crippen molar-refractivity contribution in [3.63, 3.8) is 0 Å². The summed E-state index contributed by atoms with van der Waals surface area (Å²) in [5.41, 5.74) is 23.5. The summed E-state index contributed by atoms with van der Waals surface area (Å²) in [6.07, 6.45) is 0. The van der Waals surface area contributed by atoms with E-state index < -0.39 is 10.8 Å². The Labute approximate surface area is 443 Å². The predicted octanol–water partition coefficient (Wildman–Crippen LogP) is 19.1. The summed E-state index contributed by atoms with van der Waals surface area (Å²) in [4.78, 5) is 2.48. The number of hydrogen-bond donors (Lipinski definition) is 0. The molecule has 1 aromatic heterocycles. The molecule has 0 N–H and O–H groups in total. The molecular weight excluding hydrogens is 919 g/mol. The molecular formula is C74H49NO. The van der Waals surface area contributed by atoms with Gasteiger partial charge in [-0.05, 0) is 120 Å². The van der Waals surface area contributed by atoms with Gasteiger partial charge in [-0.25, -0.2) is 0 Å². The molecule has 0 unspecified atom stereocenters. The second-order valence-electron chi connectivity index (χ2n) is 20.2. The van der Waals surface area contributed by atoms with Gasteiger partial charge in [0.15, 0.2) is 0 Å². The van der Waals surface area contributed by atoms with Crippen molar-refractivity contribution in [1.82, 2.24) is 0 Å². The molecule has 0 fully saturated rings. The lowest BCUT2D eigenvalue weighted by Crippen LogP contribution is -2.28. The van der Waals surface area contributed by atoms with Crippen molar-refractivity contribution >= 4 is 39.0 Å². The molecule has 0 saturated carbocycles. The van der Waals surface area contributed by atoms with Crippen LogP contribution < -0.4 is 4.90 Å². The number of para-hydroxylation sites is 2. The molecule has 76 heavy (non-hydrogen) atoms. The highest BCUT2D eigenvalue weighted by molar-refractivity contribution is 6.10. The van der Waals surface area contributed by atoms with Crippen LogP contribution in [0.25, 0.3) is 66.4 Å². The van der Waals surface area contributed by atoms with Crippen molar-refractivity contribution in [2.75, 3.05) is 4.90 Å². The van der Waals surface area contributed by atoms with Gasteiger partial charge in [0, 0.05) is 33.3 Å². The number of rotatable bonds is 9. The predicted molar refractivity (Wildman–Crippen MR) is 314 cm³/mol. The molecule has 356 valence electrons. The molecule has 13 aromatic rings. The first-order chi connectivity index (χ1) is 37.7. The second kappa shape index (κ2) is 17.4. The quantitative estimate of drug-likeness (QED) is 0.143. The van der Waals surface area contributed by atoms with Crippen LogP contribution >= 0.6 is 0 Å². The Bertz CT molecular complexity index is 4250. The van der Waals surface area contributed by atoms with E-state index in [0.717, 1.165) is 55.7 Å². The highest BCUT2D eigenvalue weighted by Crippen LogP contribution is 2.60. The van der Waals surface area contributed by atoms with Gasteiger partial charge in [-0.3, -0.25) is 0 Å². The largest absolute Gasteiger partial charge is 0.455 e. The third-order valence-electron chi connectivity index (χ3n) is 16.4. The lowest BCUT2D eigenvalue weighted by Gasteiger charge is -2.34. The lowest BCUT2D eigenvalue weighted by atomic mass is 9.67. The summed E-state index contributed by atoms with van der Waals surface area (Å²) in [6.45, 7) is 0. The van der Waals surface area contributed by atoms with Gasteiger partial charge in [0.25, 0.3) is 0 Å². The van der Waals surface area contributed by atoms with Gasteiger partial charge in [0.2, 0.25) is 0 Å². The molecule has 0 spiro atoms. The fraction of sp³-hybridized carbons (Fsp3) is 0.0270. The van der Waals surface area contributed by atoms with Crippen LogP contribution in [0.3, 0.4) is 0 Å². The molecule has 15 rings (SSSR count). The number of anilines is 3. The summed E-state index contributed by atoms with van der Waals surface area (Å²) in [7, 11) is 0. The summed E-state index contributed by atoms with van der Waals surface area (Å²) in [6, 6.07) is 109. The van der Waals surface area contributed by atoms with E-state index in [1.54, 1.807) is 0 Å². The van der Waals surface area contributed by atoms with Crippen LogP contribution in [0.1, 0.15) is 44.5 Å². The molecule has 0 atom stereocenters. The van der Waals surface area contributed by atoms with Crippen LogP contribution in [0.2, 0.25) is 0 Å². The first-order valence-electron chi connectivity index (χ1n) is 26.3. The van der Waals surface area contributed by atoms with Crippen LogP contribution in [0.5, 0.6) is 0 Å². The van der Waals surface area contributed by atoms with Gasteiger partial charge in [-0.15, -0.1) is 0 Å². The third-order valence-corrected chi connectivity index (χ3v) is 16.4. The molecule has 12 aromatic carbocycles. The van der Waals surface area contributed by atoms with E-state index in [2.05, 4.69) is 296 Å². The van der Waals surface area contributed by atoms with Crippen LogP contribution in [0, 0.1) is 0 Å². The van der Waals surface area contributed by atoms with E-state index in [1.165, 1.54) is 72.3 Å². The summed E-state index contributed by atoms with van der Waals surface area (Å²) in [5.74, 6) is 0. The molecule has 0 amide bonds. The van der Waals surface area contributed by atoms with E-state index in [-0.39, 0.29) is 0 Å². The Morgan fingerprint density at radius 2 is 0.763 bits per heavy atom. The van der Waals surface area contributed by atoms with Crippen LogP contribution in [0.4, 0.5) is 17.1 Å². The highest BCUT2D eigenvalue weighted by Gasteiger charge is 2.48. The van der Waals surface area contributed by atoms with Gasteiger partial charge >= 0.3 is 0 Å². The minimum absolute atomic E-state index is 0.488. The molecule has 0 saturated heterocycles. The zero-order chi connectivity index (χ0) is 50.2. The van der Waals surface area contributed by atoms with Crippen molar-refractivity contribution < 1.29 is 4.42 Å². The Morgan fingerprint density at radius 1 is 0.276 bits per heavy atom. The zero-order valence-corrected chi connectivity index (χ0v) is 41.6. The Balaban J connectivity index is 0.934. The summed E-state index contributed by atoms with van der Waals surface area (Å²) < 4.78 is 6.66. The van der Waals surface area contributed by atoms with Crippen molar-refractivity contribution in [1.29, 1.82) is 0 Å². The number of nitrogens with zero attached hydrogens (tertiary/aromatic N) is 1. The van der Waals surface area contributed by atoms with Crippen molar-refractivity contribution in [2.45, 2.75) is 10.8 Å². The van der Waals surface area contributed by atoms with Gasteiger partial charge in [-0.2, -0.15) is 0 Å². The maximum atomic E-state index is 6.66. The first kappa shape index (κ1) is 43.8. The minimum atomic E-state index is -0.555. The topological polar surface area (TPSA) is 16.4 Å². The fourth-order valence-corrected chi connectivity index (χ4v) is 13.3. The smallest absolute Gasteiger partial charge is 0.143 e. The average Bonchev–Trinajstić information content (AvgIpc) is 4.24. The minimum Gasteiger partial charge on any atom is -0.455 e. The van der Waals surface area contributed by atoms with Gasteiger partial charge < -0.3 is 9.32 Å². The van der Waals surface area contributed by atoms with Crippen molar-refractivity contribution in [3.05, 3.63) is 342 Å². The number of hydrogen-bond acceptors (Lipinski definition) is 2. The van der Waals surface area contributed by atoms with E-state index in [0.29, 0.717) is 0 Å². The Kier molecular flexibility index (Phi) is 10.0. The van der Waals surface area contributed by atoms with Crippen LogP contribution in [-0.2, 0) is 10.8 Å². The lowest BCUT2D eigenvalue weighted by molar-refractivity contribution is 0.670. The molecule has 2 aliphatic rings. The van der Waals surface area contributed by atoms with Gasteiger partial charge in [0.1, 0.15) is 11.2 Å². The zero-order valence-electron chi connectivity index (χ0n) is 41.6. The SMILES string of the molecule is c1ccc(C2(c3ccccc3)c3ccccc3-c3ccc(-c4ccc(N(c5cccc(-c6cccc7c6oc6ccccc67)c5)c5cccc6c5-c5ccccc5C6(c5ccccc5)c5ccccc5)cc4)cc32)cc1. The summed E-state index contributed by atoms with van der Waals surface area (Å²) in [5, 5.41) is 2.23. The highest BCUT2D eigenvalue weighted by atomic mass is 16.3. The summed E-state index contributed by atoms with van der Waals surface area (Å²) >= 11 is 0. The van der Waals surface area contributed by atoms with Crippen molar-refractivity contribution in [2.24, 2.45) is 0 Å². The van der Waals surface area contributed by atoms with Crippen LogP contribution in [0.15, 0.2) is 302 Å². The number of fused-ring (bicyclic) bond motifs is 9. The van der Waals surface area contributed by atoms with Crippen molar-refractivity contribution in [3.8, 4) is 44.5 Å². The molecule has 2 heteroatoms. The monoisotopic (exact) mass is 967 g/mol. The van der Waals surface area contributed by atoms with E-state index in [9.17, 15) is 0 Å². The van der Waals surface area contributed by atoms with E-state index in [1.807, 2.05) is 6.07 Å². The number of benzene rings is 12. The molecule has 1 heterocycles. The molecule has 2 nitrogen and oxygen atoms in total. The van der Waals surface area contributed by atoms with Crippen LogP contribution in [-0.4, -0.2) is 0 Å². The van der Waals surface area contributed by atoms with E-state index in [4.69, 9.17) is 4.42 Å². The van der Waals surface area contributed by atoms with Gasteiger partial charge in [-0.1, -0.05) is 255 Å². The van der Waals surface area contributed by atoms with Gasteiger partial charge in [0.05, 0.1) is 16.5 Å². The second-order valence-corrected chi connectivity index (χ2v) is 20.2. The molecule has 0 bridgehead atoms. The molecule has 0 radical (unpaired) electrons. The standard InChI is InChI=1S/C74H49NO/c1-5-23-53(24-6-1)73(54-25-7-2-8-26-54)66-38-17-14-34-64(66)71-67(73)39-21-40-69(71)75(58-31-19-22-52(48-58)59-35-20-36-63-62-33-15-18-41-70(62)76-72(59)63)57-45-42-50(43-46-57)51-44-47-61-60-32-13-16-37-65(60)74(68(61)49-51,55-27-9-3-10-28-55)56-29-11-4-12-30-56/h1-49H. The normalized spacial score (nSPS) is 13.5. The number of furan rings is 1. The molecule has 2 aliphatic carbocycles. The average molecular weight is 968 g/mol.